The lowest BCUT2D eigenvalue weighted by Crippen LogP contribution is -2.15. The zero-order chi connectivity index (χ0) is 15.1. The van der Waals surface area contributed by atoms with Crippen LogP contribution in [-0.2, 0) is 18.4 Å². The maximum atomic E-state index is 11.4. The molecule has 0 aromatic carbocycles. The molecule has 0 atom stereocenters. The first-order valence-electron chi connectivity index (χ1n) is 8.01. The van der Waals surface area contributed by atoms with E-state index in [-0.39, 0.29) is 11.2 Å². The average molecular weight is 298 g/mol. The van der Waals surface area contributed by atoms with E-state index in [0.717, 1.165) is 54.3 Å². The lowest BCUT2D eigenvalue weighted by molar-refractivity contribution is 0.0659. The third kappa shape index (κ3) is 1.59. The summed E-state index contributed by atoms with van der Waals surface area (Å²) in [5.74, 6) is 0.675. The summed E-state index contributed by atoms with van der Waals surface area (Å²) < 4.78 is 7.76. The Kier molecular flexibility index (Phi) is 2.18. The Morgan fingerprint density at radius 3 is 2.91 bits per heavy atom. The molecule has 5 rings (SSSR count). The summed E-state index contributed by atoms with van der Waals surface area (Å²) in [5.41, 5.74) is 4.08. The molecule has 0 unspecified atom stereocenters. The largest absolute Gasteiger partial charge is 0.475 e. The maximum absolute atomic E-state index is 11.4. The predicted molar refractivity (Wildman–Crippen MR) is 79.0 cm³/mol. The Morgan fingerprint density at radius 2 is 2.27 bits per heavy atom. The van der Waals surface area contributed by atoms with Gasteiger partial charge in [-0.25, -0.2) is 4.79 Å². The lowest BCUT2D eigenvalue weighted by atomic mass is 9.82. The lowest BCUT2D eigenvalue weighted by Gasteiger charge is -2.19. The normalized spacial score (nSPS) is 20.8. The van der Waals surface area contributed by atoms with Crippen molar-refractivity contribution in [2.45, 2.75) is 51.0 Å². The Morgan fingerprint density at radius 1 is 1.50 bits per heavy atom. The molecule has 2 aromatic rings. The van der Waals surface area contributed by atoms with E-state index in [1.807, 2.05) is 6.92 Å². The molecule has 3 aliphatic carbocycles. The molecule has 3 aliphatic rings. The van der Waals surface area contributed by atoms with E-state index < -0.39 is 5.97 Å². The van der Waals surface area contributed by atoms with Crippen LogP contribution in [0.3, 0.4) is 0 Å². The van der Waals surface area contributed by atoms with E-state index in [1.54, 1.807) is 0 Å². The molecule has 2 heterocycles. The van der Waals surface area contributed by atoms with Gasteiger partial charge in [-0.05, 0) is 38.5 Å². The molecular formula is C17H18N2O3. The Labute approximate surface area is 127 Å². The maximum Gasteiger partial charge on any atom is 0.372 e. The number of aromatic carboxylic acids is 1. The number of fused-ring (bicyclic) bond motifs is 4. The Bertz CT molecular complexity index is 806. The van der Waals surface area contributed by atoms with Gasteiger partial charge in [0.25, 0.3) is 0 Å². The second-order valence-electron chi connectivity index (χ2n) is 7.17. The molecule has 1 N–H and O–H groups in total. The summed E-state index contributed by atoms with van der Waals surface area (Å²) in [6.07, 6.45) is 7.92. The van der Waals surface area contributed by atoms with E-state index >= 15 is 0 Å². The van der Waals surface area contributed by atoms with Crippen molar-refractivity contribution in [3.05, 3.63) is 28.8 Å². The number of nitrogens with zero attached hydrogens (tertiary/aromatic N) is 2. The van der Waals surface area contributed by atoms with E-state index in [1.165, 1.54) is 18.4 Å². The molecule has 1 spiro atoms. The van der Waals surface area contributed by atoms with E-state index in [9.17, 15) is 9.90 Å². The summed E-state index contributed by atoms with van der Waals surface area (Å²) in [6, 6.07) is 0. The molecular weight excluding hydrogens is 280 g/mol. The van der Waals surface area contributed by atoms with Crippen LogP contribution in [0.5, 0.6) is 0 Å². The number of carboxylic acid groups (broad SMARTS) is 1. The monoisotopic (exact) mass is 298 g/mol. The quantitative estimate of drug-likeness (QED) is 0.945. The van der Waals surface area contributed by atoms with Gasteiger partial charge in [0.1, 0.15) is 5.76 Å². The van der Waals surface area contributed by atoms with Crippen LogP contribution in [0.2, 0.25) is 0 Å². The van der Waals surface area contributed by atoms with Crippen LogP contribution < -0.4 is 0 Å². The molecule has 2 fully saturated rings. The van der Waals surface area contributed by atoms with Crippen molar-refractivity contribution in [3.8, 4) is 11.3 Å². The molecule has 2 saturated carbocycles. The molecule has 0 saturated heterocycles. The van der Waals surface area contributed by atoms with E-state index in [2.05, 4.69) is 10.9 Å². The van der Waals surface area contributed by atoms with Gasteiger partial charge in [-0.1, -0.05) is 0 Å². The molecule has 22 heavy (non-hydrogen) atoms. The van der Waals surface area contributed by atoms with Gasteiger partial charge < -0.3 is 9.52 Å². The van der Waals surface area contributed by atoms with Gasteiger partial charge >= 0.3 is 5.97 Å². The summed E-state index contributed by atoms with van der Waals surface area (Å²) >= 11 is 0. The summed E-state index contributed by atoms with van der Waals surface area (Å²) in [4.78, 5) is 11.4. The van der Waals surface area contributed by atoms with Crippen molar-refractivity contribution in [1.82, 2.24) is 9.78 Å². The second-order valence-corrected chi connectivity index (χ2v) is 7.17. The van der Waals surface area contributed by atoms with Crippen LogP contribution in [0.1, 0.15) is 53.1 Å². The summed E-state index contributed by atoms with van der Waals surface area (Å²) in [6.45, 7) is 2.82. The smallest absolute Gasteiger partial charge is 0.372 e. The molecule has 5 heteroatoms. The van der Waals surface area contributed by atoms with Crippen molar-refractivity contribution >= 4 is 5.97 Å². The number of hydrogen-bond donors (Lipinski definition) is 1. The summed E-state index contributed by atoms with van der Waals surface area (Å²) in [7, 11) is 0. The first kappa shape index (κ1) is 12.5. The molecule has 0 radical (unpaired) electrons. The highest BCUT2D eigenvalue weighted by Gasteiger charge is 2.52. The van der Waals surface area contributed by atoms with Crippen molar-refractivity contribution in [2.75, 3.05) is 0 Å². The summed E-state index contributed by atoms with van der Waals surface area (Å²) in [5, 5.41) is 14.1. The number of carboxylic acids is 1. The molecule has 0 bridgehead atoms. The number of aromatic nitrogens is 2. The Hall–Kier alpha value is -2.04. The van der Waals surface area contributed by atoms with Gasteiger partial charge in [0.2, 0.25) is 5.76 Å². The molecule has 5 nitrogen and oxygen atoms in total. The van der Waals surface area contributed by atoms with Crippen LogP contribution in [0.15, 0.2) is 10.6 Å². The van der Waals surface area contributed by atoms with Crippen molar-refractivity contribution in [1.29, 1.82) is 0 Å². The highest BCUT2D eigenvalue weighted by atomic mass is 16.4. The highest BCUT2D eigenvalue weighted by Crippen LogP contribution is 2.58. The van der Waals surface area contributed by atoms with Gasteiger partial charge in [-0.2, -0.15) is 5.10 Å². The molecule has 2 aromatic heterocycles. The minimum absolute atomic E-state index is 0.0744. The number of furan rings is 1. The fourth-order valence-electron chi connectivity index (χ4n) is 3.86. The van der Waals surface area contributed by atoms with E-state index in [0.29, 0.717) is 0 Å². The second kappa shape index (κ2) is 3.83. The highest BCUT2D eigenvalue weighted by molar-refractivity contribution is 5.90. The standard InChI is InChI=1S/C17H18N2O3/c1-9-13-12(22-15(9)16(20)21)6-17(4-5-17)11-8-19(18-14(11)13)7-10-2-3-10/h8,10H,2-7H2,1H3,(H,20,21). The van der Waals surface area contributed by atoms with Gasteiger partial charge in [0.05, 0.1) is 5.69 Å². The predicted octanol–water partition coefficient (Wildman–Crippen LogP) is 3.15. The van der Waals surface area contributed by atoms with Crippen molar-refractivity contribution in [3.63, 3.8) is 0 Å². The van der Waals surface area contributed by atoms with Crippen LogP contribution in [0.4, 0.5) is 0 Å². The first-order chi connectivity index (χ1) is 10.6. The number of rotatable bonds is 3. The Balaban J connectivity index is 1.69. The van der Waals surface area contributed by atoms with Crippen LogP contribution >= 0.6 is 0 Å². The fourth-order valence-corrected chi connectivity index (χ4v) is 3.86. The van der Waals surface area contributed by atoms with Crippen LogP contribution in [0, 0.1) is 12.8 Å². The minimum atomic E-state index is -0.990. The van der Waals surface area contributed by atoms with Crippen LogP contribution in [-0.4, -0.2) is 20.9 Å². The average Bonchev–Trinajstić information content (AvgIpc) is 3.34. The van der Waals surface area contributed by atoms with Gasteiger partial charge in [-0.15, -0.1) is 0 Å². The molecule has 114 valence electrons. The topological polar surface area (TPSA) is 68.3 Å². The fraction of sp³-hybridized carbons (Fsp3) is 0.529. The SMILES string of the molecule is Cc1c(C(=O)O)oc2c1-c1nn(CC3CC3)cc1C1(CC1)C2. The molecule has 0 aliphatic heterocycles. The van der Waals surface area contributed by atoms with Crippen molar-refractivity contribution < 1.29 is 14.3 Å². The van der Waals surface area contributed by atoms with E-state index in [4.69, 9.17) is 9.52 Å². The van der Waals surface area contributed by atoms with Crippen molar-refractivity contribution in [2.24, 2.45) is 5.92 Å². The third-order valence-electron chi connectivity index (χ3n) is 5.48. The zero-order valence-electron chi connectivity index (χ0n) is 12.6. The van der Waals surface area contributed by atoms with Gasteiger partial charge in [0, 0.05) is 41.3 Å². The number of carbonyl (C=O) groups is 1. The van der Waals surface area contributed by atoms with Gasteiger partial charge in [0.15, 0.2) is 0 Å². The van der Waals surface area contributed by atoms with Crippen LogP contribution in [0.25, 0.3) is 11.3 Å². The van der Waals surface area contributed by atoms with Gasteiger partial charge in [-0.3, -0.25) is 4.68 Å². The molecule has 0 amide bonds. The third-order valence-corrected chi connectivity index (χ3v) is 5.48. The first-order valence-corrected chi connectivity index (χ1v) is 8.01. The minimum Gasteiger partial charge on any atom is -0.475 e. The zero-order valence-corrected chi connectivity index (χ0v) is 12.6. The number of hydrogen-bond acceptors (Lipinski definition) is 3.